The van der Waals surface area contributed by atoms with Gasteiger partial charge < -0.3 is 9.47 Å². The van der Waals surface area contributed by atoms with Crippen molar-refractivity contribution in [2.45, 2.75) is 20.8 Å². The van der Waals surface area contributed by atoms with Gasteiger partial charge in [-0.3, -0.25) is 4.79 Å². The fourth-order valence-electron chi connectivity index (χ4n) is 2.78. The molecule has 0 bridgehead atoms. The smallest absolute Gasteiger partial charge is 0.312 e. The molecule has 138 valence electrons. The number of nitrogens with zero attached hydrogens (tertiary/aromatic N) is 2. The predicted molar refractivity (Wildman–Crippen MR) is 106 cm³/mol. The summed E-state index contributed by atoms with van der Waals surface area (Å²) in [4.78, 5) is 11.9. The minimum atomic E-state index is -0.363. The van der Waals surface area contributed by atoms with Crippen LogP contribution in [0.1, 0.15) is 25.1 Å². The largest absolute Gasteiger partial charge is 0.492 e. The number of hydrogen-bond donors (Lipinski definition) is 0. The molecule has 6 heteroatoms. The Morgan fingerprint density at radius 2 is 2.00 bits per heavy atom. The molecule has 0 N–H and O–H groups in total. The van der Waals surface area contributed by atoms with Crippen LogP contribution in [-0.4, -0.2) is 23.6 Å². The van der Waals surface area contributed by atoms with Crippen molar-refractivity contribution in [2.75, 3.05) is 13.2 Å². The number of ether oxygens (including phenoxy) is 2. The number of aromatic nitrogens is 1. The molecule has 0 saturated carbocycles. The van der Waals surface area contributed by atoms with E-state index in [1.165, 1.54) is 11.5 Å². The van der Waals surface area contributed by atoms with Gasteiger partial charge in [0.25, 0.3) is 0 Å². The van der Waals surface area contributed by atoms with E-state index in [2.05, 4.69) is 10.4 Å². The monoisotopic (exact) mass is 380 g/mol. The Morgan fingerprint density at radius 3 is 2.67 bits per heavy atom. The maximum absolute atomic E-state index is 11.9. The third-order valence-electron chi connectivity index (χ3n) is 4.26. The van der Waals surface area contributed by atoms with Crippen molar-refractivity contribution in [3.63, 3.8) is 0 Å². The second-order valence-electron chi connectivity index (χ2n) is 6.24. The summed E-state index contributed by atoms with van der Waals surface area (Å²) in [6.45, 7) is 6.13. The van der Waals surface area contributed by atoms with Crippen LogP contribution in [0.25, 0.3) is 21.2 Å². The van der Waals surface area contributed by atoms with Gasteiger partial charge >= 0.3 is 5.97 Å². The van der Waals surface area contributed by atoms with E-state index in [4.69, 9.17) is 14.7 Å². The van der Waals surface area contributed by atoms with Crippen molar-refractivity contribution in [1.29, 1.82) is 5.26 Å². The highest BCUT2D eigenvalue weighted by Crippen LogP contribution is 2.40. The highest BCUT2D eigenvalue weighted by Gasteiger charge is 2.19. The van der Waals surface area contributed by atoms with Crippen LogP contribution in [-0.2, 0) is 9.53 Å². The molecule has 3 aromatic rings. The van der Waals surface area contributed by atoms with Crippen molar-refractivity contribution in [1.82, 2.24) is 4.37 Å². The first-order valence-electron chi connectivity index (χ1n) is 8.74. The Kier molecular flexibility index (Phi) is 5.72. The molecule has 2 aromatic carbocycles. The molecule has 1 unspecified atom stereocenters. The number of hydrogen-bond acceptors (Lipinski definition) is 6. The van der Waals surface area contributed by atoms with E-state index in [0.717, 1.165) is 26.9 Å². The quantitative estimate of drug-likeness (QED) is 0.579. The Labute approximate surface area is 162 Å². The fraction of sp³-hybridized carbons (Fsp3) is 0.286. The lowest BCUT2D eigenvalue weighted by Gasteiger charge is -2.16. The molecule has 0 fully saturated rings. The summed E-state index contributed by atoms with van der Waals surface area (Å²) in [6.07, 6.45) is 0. The average molecular weight is 380 g/mol. The third-order valence-corrected chi connectivity index (χ3v) is 5.24. The van der Waals surface area contributed by atoms with Gasteiger partial charge in [-0.1, -0.05) is 12.1 Å². The van der Waals surface area contributed by atoms with Crippen LogP contribution in [0.2, 0.25) is 0 Å². The summed E-state index contributed by atoms with van der Waals surface area (Å²) in [6, 6.07) is 13.4. The van der Waals surface area contributed by atoms with Crippen LogP contribution in [0, 0.1) is 24.2 Å². The number of rotatable bonds is 6. The van der Waals surface area contributed by atoms with Crippen LogP contribution in [0.5, 0.6) is 5.75 Å². The van der Waals surface area contributed by atoms with Gasteiger partial charge in [-0.05, 0) is 62.1 Å². The number of aryl methyl sites for hydroxylation is 1. The molecule has 0 aliphatic rings. The molecule has 0 amide bonds. The van der Waals surface area contributed by atoms with E-state index in [9.17, 15) is 4.79 Å². The van der Waals surface area contributed by atoms with Gasteiger partial charge in [-0.15, -0.1) is 0 Å². The van der Waals surface area contributed by atoms with E-state index >= 15 is 0 Å². The zero-order valence-corrected chi connectivity index (χ0v) is 16.3. The SMILES string of the molecule is CCOC(=O)C(C)COc1ccc2c(C)nsc2c1-c1ccc(C#N)cc1. The molecule has 0 aliphatic heterocycles. The first-order chi connectivity index (χ1) is 13.0. The lowest BCUT2D eigenvalue weighted by Crippen LogP contribution is -2.21. The number of esters is 1. The summed E-state index contributed by atoms with van der Waals surface area (Å²) >= 11 is 1.42. The number of fused-ring (bicyclic) bond motifs is 1. The highest BCUT2D eigenvalue weighted by atomic mass is 32.1. The molecule has 1 aromatic heterocycles. The molecular weight excluding hydrogens is 360 g/mol. The topological polar surface area (TPSA) is 72.2 Å². The van der Waals surface area contributed by atoms with Crippen LogP contribution in [0.3, 0.4) is 0 Å². The van der Waals surface area contributed by atoms with Gasteiger partial charge in [0.15, 0.2) is 0 Å². The Bertz CT molecular complexity index is 1000. The first-order valence-corrected chi connectivity index (χ1v) is 9.51. The molecule has 0 spiro atoms. The third kappa shape index (κ3) is 3.93. The lowest BCUT2D eigenvalue weighted by atomic mass is 10.0. The van der Waals surface area contributed by atoms with Gasteiger partial charge in [0.2, 0.25) is 0 Å². The van der Waals surface area contributed by atoms with E-state index in [-0.39, 0.29) is 18.5 Å². The maximum Gasteiger partial charge on any atom is 0.312 e. The average Bonchev–Trinajstić information content (AvgIpc) is 3.07. The molecule has 5 nitrogen and oxygen atoms in total. The molecule has 1 heterocycles. The molecule has 0 saturated heterocycles. The van der Waals surface area contributed by atoms with Crippen LogP contribution >= 0.6 is 11.5 Å². The lowest BCUT2D eigenvalue weighted by molar-refractivity contribution is -0.148. The number of nitriles is 1. The number of carbonyl (C=O) groups is 1. The van der Waals surface area contributed by atoms with Crippen LogP contribution in [0.15, 0.2) is 36.4 Å². The normalized spacial score (nSPS) is 11.8. The molecule has 0 radical (unpaired) electrons. The Hall–Kier alpha value is -2.91. The van der Waals surface area contributed by atoms with E-state index < -0.39 is 0 Å². The Balaban J connectivity index is 1.99. The zero-order valence-electron chi connectivity index (χ0n) is 15.5. The fourth-order valence-corrected chi connectivity index (χ4v) is 3.73. The van der Waals surface area contributed by atoms with Gasteiger partial charge in [-0.2, -0.15) is 9.64 Å². The minimum Gasteiger partial charge on any atom is -0.492 e. The van der Waals surface area contributed by atoms with Crippen molar-refractivity contribution in [3.8, 4) is 22.9 Å². The van der Waals surface area contributed by atoms with E-state index in [1.807, 2.05) is 31.2 Å². The van der Waals surface area contributed by atoms with Crippen molar-refractivity contribution in [2.24, 2.45) is 5.92 Å². The first kappa shape index (κ1) is 18.9. The molecule has 0 aliphatic carbocycles. The van der Waals surface area contributed by atoms with Crippen LogP contribution < -0.4 is 4.74 Å². The minimum absolute atomic E-state index is 0.228. The van der Waals surface area contributed by atoms with Gasteiger partial charge in [-0.25, -0.2) is 0 Å². The van der Waals surface area contributed by atoms with Gasteiger partial charge in [0, 0.05) is 10.9 Å². The summed E-state index contributed by atoms with van der Waals surface area (Å²) in [5.74, 6) is 0.0526. The summed E-state index contributed by atoms with van der Waals surface area (Å²) < 4.78 is 16.5. The molecule has 3 rings (SSSR count). The highest BCUT2D eigenvalue weighted by molar-refractivity contribution is 7.14. The predicted octanol–water partition coefficient (Wildman–Crippen LogP) is 4.72. The van der Waals surface area contributed by atoms with Crippen molar-refractivity contribution in [3.05, 3.63) is 47.7 Å². The number of benzene rings is 2. The molecule has 27 heavy (non-hydrogen) atoms. The second-order valence-corrected chi connectivity index (χ2v) is 7.01. The van der Waals surface area contributed by atoms with Crippen LogP contribution in [0.4, 0.5) is 0 Å². The standard InChI is InChI=1S/C21H20N2O3S/c1-4-25-21(24)13(2)12-26-18-10-9-17-14(3)23-27-20(17)19(18)16-7-5-15(11-22)6-8-16/h5-10,13H,4,12H2,1-3H3. The van der Waals surface area contributed by atoms with Crippen molar-refractivity contribution < 1.29 is 14.3 Å². The summed E-state index contributed by atoms with van der Waals surface area (Å²) in [5, 5.41) is 10.1. The molecule has 1 atom stereocenters. The summed E-state index contributed by atoms with van der Waals surface area (Å²) in [7, 11) is 0. The molecular formula is C21H20N2O3S. The van der Waals surface area contributed by atoms with Crippen molar-refractivity contribution >= 4 is 27.6 Å². The van der Waals surface area contributed by atoms with Gasteiger partial charge in [0.05, 0.1) is 34.6 Å². The van der Waals surface area contributed by atoms with E-state index in [1.54, 1.807) is 26.0 Å². The zero-order chi connectivity index (χ0) is 19.4. The second kappa shape index (κ2) is 8.19. The summed E-state index contributed by atoms with van der Waals surface area (Å²) in [5.41, 5.74) is 3.45. The van der Waals surface area contributed by atoms with E-state index in [0.29, 0.717) is 17.9 Å². The van der Waals surface area contributed by atoms with Gasteiger partial charge in [0.1, 0.15) is 12.4 Å². The maximum atomic E-state index is 11.9. The Morgan fingerprint density at radius 1 is 1.26 bits per heavy atom. The number of carbonyl (C=O) groups excluding carboxylic acids is 1.